The van der Waals surface area contributed by atoms with Crippen LogP contribution in [0.5, 0.6) is 0 Å². The van der Waals surface area contributed by atoms with Crippen molar-refractivity contribution in [3.8, 4) is 0 Å². The average molecular weight is 331 g/mol. The zero-order valence-corrected chi connectivity index (χ0v) is 13.7. The number of rotatable bonds is 6. The van der Waals surface area contributed by atoms with Gasteiger partial charge in [-0.25, -0.2) is 21.6 Å². The summed E-state index contributed by atoms with van der Waals surface area (Å²) < 4.78 is 49.6. The first kappa shape index (κ1) is 16.5. The minimum atomic E-state index is -3.48. The zero-order valence-electron chi connectivity index (χ0n) is 12.1. The fraction of sp³-hybridized carbons (Fsp3) is 0.571. The van der Waals surface area contributed by atoms with E-state index in [9.17, 15) is 16.8 Å². The Balaban J connectivity index is 1.82. The lowest BCUT2D eigenvalue weighted by Crippen LogP contribution is -2.25. The Hall–Kier alpha value is -0.920. The highest BCUT2D eigenvalue weighted by Gasteiger charge is 2.27. The molecule has 5 nitrogen and oxygen atoms in total. The molecule has 0 aliphatic carbocycles. The lowest BCUT2D eigenvalue weighted by atomic mass is 10.0. The van der Waals surface area contributed by atoms with E-state index in [0.717, 1.165) is 6.42 Å². The molecular weight excluding hydrogens is 310 g/mol. The summed E-state index contributed by atoms with van der Waals surface area (Å²) in [5.41, 5.74) is 0.715. The fourth-order valence-corrected chi connectivity index (χ4v) is 5.86. The van der Waals surface area contributed by atoms with E-state index in [-0.39, 0.29) is 17.4 Å². The fourth-order valence-electron chi connectivity index (χ4n) is 2.63. The Morgan fingerprint density at radius 2 is 2.00 bits per heavy atom. The van der Waals surface area contributed by atoms with Crippen molar-refractivity contribution in [3.63, 3.8) is 0 Å². The van der Waals surface area contributed by atoms with Crippen LogP contribution in [0.25, 0.3) is 0 Å². The first-order chi connectivity index (χ1) is 9.80. The monoisotopic (exact) mass is 331 g/mol. The Morgan fingerprint density at radius 1 is 1.29 bits per heavy atom. The molecular formula is C14H21NO4S2. The lowest BCUT2D eigenvalue weighted by molar-refractivity contribution is 0.512. The number of sulfone groups is 1. The standard InChI is InChI=1S/C14H21NO4S2/c1-12-5-2-3-7-14(12)21(18,19)15-9-4-6-13-8-10-20(16,17)11-13/h2-3,5,7,13,15H,4,6,8-11H2,1H3. The highest BCUT2D eigenvalue weighted by Crippen LogP contribution is 2.22. The highest BCUT2D eigenvalue weighted by atomic mass is 32.2. The van der Waals surface area contributed by atoms with Crippen molar-refractivity contribution in [2.24, 2.45) is 5.92 Å². The van der Waals surface area contributed by atoms with Crippen molar-refractivity contribution in [1.82, 2.24) is 4.72 Å². The summed E-state index contributed by atoms with van der Waals surface area (Å²) in [6.07, 6.45) is 2.10. The van der Waals surface area contributed by atoms with Crippen LogP contribution in [0, 0.1) is 12.8 Å². The molecule has 1 fully saturated rings. The van der Waals surface area contributed by atoms with Gasteiger partial charge in [0.15, 0.2) is 9.84 Å². The van der Waals surface area contributed by atoms with E-state index < -0.39 is 19.9 Å². The second-order valence-corrected chi connectivity index (χ2v) is 9.54. The van der Waals surface area contributed by atoms with Crippen LogP contribution in [0.4, 0.5) is 0 Å². The van der Waals surface area contributed by atoms with E-state index in [1.54, 1.807) is 31.2 Å². The van der Waals surface area contributed by atoms with E-state index >= 15 is 0 Å². The van der Waals surface area contributed by atoms with Gasteiger partial charge < -0.3 is 0 Å². The zero-order chi connectivity index (χ0) is 15.5. The largest absolute Gasteiger partial charge is 0.240 e. The normalized spacial score (nSPS) is 21.5. The maximum Gasteiger partial charge on any atom is 0.240 e. The van der Waals surface area contributed by atoms with Gasteiger partial charge >= 0.3 is 0 Å². The molecule has 0 spiro atoms. The van der Waals surface area contributed by atoms with Gasteiger partial charge in [0.1, 0.15) is 0 Å². The second kappa shape index (κ2) is 6.46. The molecule has 1 N–H and O–H groups in total. The first-order valence-electron chi connectivity index (χ1n) is 7.06. The predicted molar refractivity (Wildman–Crippen MR) is 82.4 cm³/mol. The number of hydrogen-bond acceptors (Lipinski definition) is 4. The van der Waals surface area contributed by atoms with Crippen molar-refractivity contribution in [1.29, 1.82) is 0 Å². The molecule has 2 rings (SSSR count). The Morgan fingerprint density at radius 3 is 2.62 bits per heavy atom. The van der Waals surface area contributed by atoms with E-state index in [2.05, 4.69) is 4.72 Å². The topological polar surface area (TPSA) is 80.3 Å². The molecule has 7 heteroatoms. The summed E-state index contributed by atoms with van der Waals surface area (Å²) in [5.74, 6) is 0.697. The molecule has 21 heavy (non-hydrogen) atoms. The van der Waals surface area contributed by atoms with Gasteiger partial charge in [0.05, 0.1) is 16.4 Å². The van der Waals surface area contributed by atoms with Crippen LogP contribution in [-0.4, -0.2) is 34.9 Å². The van der Waals surface area contributed by atoms with Gasteiger partial charge in [0.2, 0.25) is 10.0 Å². The van der Waals surface area contributed by atoms with Crippen molar-refractivity contribution in [2.45, 2.75) is 31.1 Å². The van der Waals surface area contributed by atoms with Gasteiger partial charge in [-0.1, -0.05) is 18.2 Å². The second-order valence-electron chi connectivity index (χ2n) is 5.57. The van der Waals surface area contributed by atoms with Crippen molar-refractivity contribution < 1.29 is 16.8 Å². The molecule has 0 saturated carbocycles. The smallest absolute Gasteiger partial charge is 0.229 e. The van der Waals surface area contributed by atoms with Crippen LogP contribution in [0.1, 0.15) is 24.8 Å². The summed E-state index contributed by atoms with van der Waals surface area (Å²) in [4.78, 5) is 0.299. The molecule has 0 bridgehead atoms. The maximum atomic E-state index is 12.1. The molecule has 118 valence electrons. The third-order valence-electron chi connectivity index (χ3n) is 3.79. The van der Waals surface area contributed by atoms with Crippen LogP contribution in [0.2, 0.25) is 0 Å². The number of hydrogen-bond donors (Lipinski definition) is 1. The summed E-state index contributed by atoms with van der Waals surface area (Å²) in [6.45, 7) is 2.10. The summed E-state index contributed by atoms with van der Waals surface area (Å²) >= 11 is 0. The summed E-state index contributed by atoms with van der Waals surface area (Å²) in [7, 11) is -6.33. The molecule has 1 aliphatic heterocycles. The van der Waals surface area contributed by atoms with Crippen LogP contribution in [-0.2, 0) is 19.9 Å². The van der Waals surface area contributed by atoms with Crippen molar-refractivity contribution in [3.05, 3.63) is 29.8 Å². The van der Waals surface area contributed by atoms with Crippen LogP contribution in [0.15, 0.2) is 29.2 Å². The van der Waals surface area contributed by atoms with Crippen molar-refractivity contribution >= 4 is 19.9 Å². The van der Waals surface area contributed by atoms with Gasteiger partial charge in [-0.15, -0.1) is 0 Å². The van der Waals surface area contributed by atoms with Gasteiger partial charge in [-0.2, -0.15) is 0 Å². The first-order valence-corrected chi connectivity index (χ1v) is 10.4. The van der Waals surface area contributed by atoms with Gasteiger partial charge in [0, 0.05) is 6.54 Å². The number of aryl methyl sites for hydroxylation is 1. The number of sulfonamides is 1. The van der Waals surface area contributed by atoms with Crippen LogP contribution >= 0.6 is 0 Å². The molecule has 1 aromatic rings. The minimum absolute atomic E-state index is 0.179. The molecule has 1 aliphatic rings. The maximum absolute atomic E-state index is 12.1. The Labute approximate surface area is 126 Å². The quantitative estimate of drug-likeness (QED) is 0.801. The third-order valence-corrected chi connectivity index (χ3v) is 7.25. The molecule has 1 unspecified atom stereocenters. The molecule has 1 heterocycles. The van der Waals surface area contributed by atoms with E-state index in [4.69, 9.17) is 0 Å². The molecule has 1 saturated heterocycles. The SMILES string of the molecule is Cc1ccccc1S(=O)(=O)NCCCC1CCS(=O)(=O)C1. The molecule has 0 radical (unpaired) electrons. The molecule has 0 amide bonds. The van der Waals surface area contributed by atoms with Crippen molar-refractivity contribution in [2.75, 3.05) is 18.1 Å². The van der Waals surface area contributed by atoms with Gasteiger partial charge in [-0.05, 0) is 43.7 Å². The summed E-state index contributed by atoms with van der Waals surface area (Å²) in [6, 6.07) is 6.85. The van der Waals surface area contributed by atoms with Gasteiger partial charge in [0.25, 0.3) is 0 Å². The minimum Gasteiger partial charge on any atom is -0.229 e. The van der Waals surface area contributed by atoms with E-state index in [1.165, 1.54) is 0 Å². The van der Waals surface area contributed by atoms with E-state index in [0.29, 0.717) is 29.8 Å². The molecule has 0 aromatic heterocycles. The number of nitrogens with one attached hydrogen (secondary N) is 1. The van der Waals surface area contributed by atoms with Crippen LogP contribution in [0.3, 0.4) is 0 Å². The third kappa shape index (κ3) is 4.52. The Kier molecular flexibility index (Phi) is 5.06. The van der Waals surface area contributed by atoms with Crippen LogP contribution < -0.4 is 4.72 Å². The molecule has 1 aromatic carbocycles. The highest BCUT2D eigenvalue weighted by molar-refractivity contribution is 7.91. The Bertz CT molecular complexity index is 695. The summed E-state index contributed by atoms with van der Waals surface area (Å²) in [5, 5.41) is 0. The molecule has 1 atom stereocenters. The van der Waals surface area contributed by atoms with E-state index in [1.807, 2.05) is 0 Å². The number of benzene rings is 1. The average Bonchev–Trinajstić information content (AvgIpc) is 2.75. The van der Waals surface area contributed by atoms with Gasteiger partial charge in [-0.3, -0.25) is 0 Å². The lowest BCUT2D eigenvalue weighted by Gasteiger charge is -2.10. The predicted octanol–water partition coefficient (Wildman–Crippen LogP) is 1.49.